The van der Waals surface area contributed by atoms with Crippen LogP contribution in [0.2, 0.25) is 0 Å². The third-order valence-electron chi connectivity index (χ3n) is 4.65. The average Bonchev–Trinajstić information content (AvgIpc) is 2.94. The molecule has 0 aromatic heterocycles. The maximum absolute atomic E-state index is 11.9. The molecule has 0 radical (unpaired) electrons. The number of amides is 2. The van der Waals surface area contributed by atoms with Gasteiger partial charge in [0.15, 0.2) is 0 Å². The molecule has 2 N–H and O–H groups in total. The Morgan fingerprint density at radius 1 is 1.25 bits per heavy atom. The minimum Gasteiger partial charge on any atom is -0.337 e. The van der Waals surface area contributed by atoms with Crippen LogP contribution in [0.3, 0.4) is 0 Å². The van der Waals surface area contributed by atoms with E-state index in [2.05, 4.69) is 34.9 Å². The Hall–Kier alpha value is -1.22. The summed E-state index contributed by atoms with van der Waals surface area (Å²) in [5.41, 5.74) is 2.75. The van der Waals surface area contributed by atoms with Crippen molar-refractivity contribution in [2.75, 3.05) is 12.4 Å². The van der Waals surface area contributed by atoms with Crippen LogP contribution in [0.5, 0.6) is 0 Å². The summed E-state index contributed by atoms with van der Waals surface area (Å²) in [6, 6.07) is 8.62. The fraction of sp³-hybridized carbons (Fsp3) is 0.562. The van der Waals surface area contributed by atoms with Crippen LogP contribution in [-0.4, -0.2) is 18.5 Å². The smallest absolute Gasteiger partial charge is 0.315 e. The van der Waals surface area contributed by atoms with Gasteiger partial charge >= 0.3 is 6.03 Å². The number of benzene rings is 1. The fourth-order valence-electron chi connectivity index (χ4n) is 3.83. The Morgan fingerprint density at radius 2 is 2.05 bits per heavy atom. The number of hydrogen-bond acceptors (Lipinski definition) is 1. The molecule has 2 amide bonds. The van der Waals surface area contributed by atoms with Crippen LogP contribution in [0, 0.1) is 5.92 Å². The molecule has 20 heavy (non-hydrogen) atoms. The van der Waals surface area contributed by atoms with Crippen molar-refractivity contribution in [1.82, 2.24) is 10.6 Å². The van der Waals surface area contributed by atoms with Gasteiger partial charge in [-0.2, -0.15) is 0 Å². The largest absolute Gasteiger partial charge is 0.337 e. The zero-order valence-electron chi connectivity index (χ0n) is 11.6. The molecule has 1 fully saturated rings. The first-order valence-corrected chi connectivity index (χ1v) is 8.02. The van der Waals surface area contributed by atoms with E-state index in [9.17, 15) is 4.79 Å². The summed E-state index contributed by atoms with van der Waals surface area (Å²) in [6.07, 6.45) is 4.97. The number of hydrogen-bond donors (Lipinski definition) is 2. The second-order valence-corrected chi connectivity index (χ2v) is 6.18. The molecule has 2 aliphatic rings. The lowest BCUT2D eigenvalue weighted by Gasteiger charge is -2.34. The first kappa shape index (κ1) is 13.7. The van der Waals surface area contributed by atoms with Crippen LogP contribution in [0.4, 0.5) is 4.79 Å². The van der Waals surface area contributed by atoms with Crippen molar-refractivity contribution < 1.29 is 4.79 Å². The van der Waals surface area contributed by atoms with Crippen LogP contribution in [0.25, 0.3) is 0 Å². The van der Waals surface area contributed by atoms with E-state index in [-0.39, 0.29) is 12.1 Å². The van der Waals surface area contributed by atoms with E-state index in [1.54, 1.807) is 0 Å². The van der Waals surface area contributed by atoms with Crippen molar-refractivity contribution in [1.29, 1.82) is 0 Å². The van der Waals surface area contributed by atoms with Crippen molar-refractivity contribution >= 4 is 17.6 Å². The molecule has 0 saturated heterocycles. The van der Waals surface area contributed by atoms with Crippen molar-refractivity contribution in [2.24, 2.45) is 5.92 Å². The number of fused-ring (bicyclic) bond motifs is 3. The van der Waals surface area contributed by atoms with E-state index in [1.165, 1.54) is 30.4 Å². The highest BCUT2D eigenvalue weighted by Crippen LogP contribution is 2.49. The monoisotopic (exact) mass is 292 g/mol. The lowest BCUT2D eigenvalue weighted by Crippen LogP contribution is -2.41. The zero-order valence-corrected chi connectivity index (χ0v) is 12.3. The summed E-state index contributed by atoms with van der Waals surface area (Å²) in [5, 5.41) is 5.90. The van der Waals surface area contributed by atoms with Crippen molar-refractivity contribution in [3.63, 3.8) is 0 Å². The Bertz CT molecular complexity index is 491. The first-order valence-electron chi connectivity index (χ1n) is 7.48. The zero-order chi connectivity index (χ0) is 13.9. The summed E-state index contributed by atoms with van der Waals surface area (Å²) in [4.78, 5) is 11.9. The number of alkyl halides is 1. The van der Waals surface area contributed by atoms with Gasteiger partial charge in [-0.1, -0.05) is 30.7 Å². The Kier molecular flexibility index (Phi) is 4.16. The molecule has 0 bridgehead atoms. The number of carbonyl (C=O) groups is 1. The average molecular weight is 293 g/mol. The molecule has 3 unspecified atom stereocenters. The normalized spacial score (nSPS) is 27.6. The van der Waals surface area contributed by atoms with Crippen molar-refractivity contribution in [2.45, 2.75) is 37.6 Å². The second kappa shape index (κ2) is 6.04. The van der Waals surface area contributed by atoms with Crippen LogP contribution < -0.4 is 10.6 Å². The van der Waals surface area contributed by atoms with Gasteiger partial charge in [-0.25, -0.2) is 4.79 Å². The van der Waals surface area contributed by atoms with Gasteiger partial charge < -0.3 is 10.6 Å². The standard InChI is InChI=1S/C16H21ClN2O/c17-8-9-18-16(20)19-15-10-11-4-3-7-12(11)13-5-1-2-6-14(13)15/h1-2,5-6,11-12,15H,3-4,7-10H2,(H2,18,19,20). The van der Waals surface area contributed by atoms with Crippen LogP contribution in [0.15, 0.2) is 24.3 Å². The van der Waals surface area contributed by atoms with Gasteiger partial charge in [0.2, 0.25) is 0 Å². The summed E-state index contributed by atoms with van der Waals surface area (Å²) in [7, 11) is 0. The molecule has 1 aromatic rings. The molecule has 1 saturated carbocycles. The van der Waals surface area contributed by atoms with E-state index < -0.39 is 0 Å². The molecule has 0 heterocycles. The van der Waals surface area contributed by atoms with Gasteiger partial charge in [-0.15, -0.1) is 11.6 Å². The minimum atomic E-state index is -0.109. The van der Waals surface area contributed by atoms with Gasteiger partial charge in [0.05, 0.1) is 6.04 Å². The molecule has 4 heteroatoms. The third kappa shape index (κ3) is 2.64. The molecule has 3 atom stereocenters. The van der Waals surface area contributed by atoms with Gasteiger partial charge in [0.25, 0.3) is 0 Å². The molecule has 3 rings (SSSR count). The molecular formula is C16H21ClN2O. The summed E-state index contributed by atoms with van der Waals surface area (Å²) in [5.74, 6) is 1.87. The molecule has 0 spiro atoms. The Morgan fingerprint density at radius 3 is 2.85 bits per heavy atom. The molecule has 0 aliphatic heterocycles. The van der Waals surface area contributed by atoms with Crippen LogP contribution >= 0.6 is 11.6 Å². The highest BCUT2D eigenvalue weighted by atomic mass is 35.5. The molecule has 108 valence electrons. The molecule has 2 aliphatic carbocycles. The molecule has 3 nitrogen and oxygen atoms in total. The molecular weight excluding hydrogens is 272 g/mol. The lowest BCUT2D eigenvalue weighted by molar-refractivity contribution is 0.232. The van der Waals surface area contributed by atoms with Gasteiger partial charge in [0, 0.05) is 12.4 Å². The molecule has 1 aromatic carbocycles. The summed E-state index contributed by atoms with van der Waals surface area (Å²) in [6.45, 7) is 0.508. The maximum Gasteiger partial charge on any atom is 0.315 e. The second-order valence-electron chi connectivity index (χ2n) is 5.80. The number of halogens is 1. The first-order chi connectivity index (χ1) is 9.79. The third-order valence-corrected chi connectivity index (χ3v) is 4.84. The van der Waals surface area contributed by atoms with E-state index in [0.717, 1.165) is 12.3 Å². The minimum absolute atomic E-state index is 0.109. The van der Waals surface area contributed by atoms with E-state index in [1.807, 2.05) is 0 Å². The SMILES string of the molecule is O=C(NCCCl)NC1CC2CCCC2c2ccccc21. The number of nitrogens with one attached hydrogen (secondary N) is 2. The van der Waals surface area contributed by atoms with Crippen molar-refractivity contribution in [3.8, 4) is 0 Å². The van der Waals surface area contributed by atoms with Gasteiger partial charge in [-0.3, -0.25) is 0 Å². The van der Waals surface area contributed by atoms with Crippen LogP contribution in [0.1, 0.15) is 48.8 Å². The highest BCUT2D eigenvalue weighted by molar-refractivity contribution is 6.18. The van der Waals surface area contributed by atoms with E-state index >= 15 is 0 Å². The Balaban J connectivity index is 1.78. The summed E-state index contributed by atoms with van der Waals surface area (Å²) >= 11 is 5.60. The van der Waals surface area contributed by atoms with Gasteiger partial charge in [0.1, 0.15) is 0 Å². The highest BCUT2D eigenvalue weighted by Gasteiger charge is 2.37. The van der Waals surface area contributed by atoms with Crippen molar-refractivity contribution in [3.05, 3.63) is 35.4 Å². The quantitative estimate of drug-likeness (QED) is 0.822. The summed E-state index contributed by atoms with van der Waals surface area (Å²) < 4.78 is 0. The van der Waals surface area contributed by atoms with Gasteiger partial charge in [-0.05, 0) is 42.2 Å². The predicted octanol–water partition coefficient (Wildman–Crippen LogP) is 3.55. The fourth-order valence-corrected chi connectivity index (χ4v) is 3.93. The topological polar surface area (TPSA) is 41.1 Å². The predicted molar refractivity (Wildman–Crippen MR) is 81.1 cm³/mol. The number of urea groups is 1. The van der Waals surface area contributed by atoms with E-state index in [4.69, 9.17) is 11.6 Å². The number of rotatable bonds is 3. The van der Waals surface area contributed by atoms with Crippen LogP contribution in [-0.2, 0) is 0 Å². The van der Waals surface area contributed by atoms with E-state index in [0.29, 0.717) is 18.3 Å². The Labute approximate surface area is 125 Å². The lowest BCUT2D eigenvalue weighted by atomic mass is 9.74. The number of carbonyl (C=O) groups excluding carboxylic acids is 1. The maximum atomic E-state index is 11.9.